The number of amides is 1. The van der Waals surface area contributed by atoms with Crippen molar-refractivity contribution in [2.45, 2.75) is 13.5 Å². The molecule has 1 aliphatic heterocycles. The zero-order chi connectivity index (χ0) is 21.6. The number of aromatic nitrogens is 2. The van der Waals surface area contributed by atoms with Crippen molar-refractivity contribution in [1.29, 1.82) is 0 Å². The molecular formula is C24H27N5O2. The van der Waals surface area contributed by atoms with Crippen molar-refractivity contribution in [3.05, 3.63) is 71.5 Å². The molecule has 0 atom stereocenters. The summed E-state index contributed by atoms with van der Waals surface area (Å²) < 4.78 is 5.39. The highest BCUT2D eigenvalue weighted by atomic mass is 16.5. The molecule has 31 heavy (non-hydrogen) atoms. The van der Waals surface area contributed by atoms with Crippen molar-refractivity contribution < 1.29 is 9.53 Å². The highest BCUT2D eigenvalue weighted by Gasteiger charge is 2.15. The van der Waals surface area contributed by atoms with Gasteiger partial charge in [-0.2, -0.15) is 0 Å². The Bertz CT molecular complexity index is 1050. The summed E-state index contributed by atoms with van der Waals surface area (Å²) in [6.07, 6.45) is 3.66. The predicted molar refractivity (Wildman–Crippen MR) is 122 cm³/mol. The fraction of sp³-hybridized carbons (Fsp3) is 0.292. The SMILES string of the molecule is CNC(=O)c1ccc(-c2cnc(N3CCOCC3)nc2)cc1NCc1cccc(C)c1. The van der Waals surface area contributed by atoms with Crippen molar-refractivity contribution in [3.63, 3.8) is 0 Å². The van der Waals surface area contributed by atoms with Gasteiger partial charge in [-0.3, -0.25) is 4.79 Å². The Balaban J connectivity index is 1.58. The minimum Gasteiger partial charge on any atom is -0.380 e. The summed E-state index contributed by atoms with van der Waals surface area (Å²) >= 11 is 0. The third-order valence-electron chi connectivity index (χ3n) is 5.32. The Morgan fingerprint density at radius 1 is 1.06 bits per heavy atom. The number of hydrogen-bond acceptors (Lipinski definition) is 6. The van der Waals surface area contributed by atoms with Gasteiger partial charge in [0.15, 0.2) is 0 Å². The molecule has 0 bridgehead atoms. The van der Waals surface area contributed by atoms with Gasteiger partial charge in [-0.1, -0.05) is 35.9 Å². The molecule has 1 aliphatic rings. The van der Waals surface area contributed by atoms with Crippen LogP contribution in [0.25, 0.3) is 11.1 Å². The first-order chi connectivity index (χ1) is 15.1. The molecule has 1 saturated heterocycles. The third kappa shape index (κ3) is 5.00. The first-order valence-corrected chi connectivity index (χ1v) is 10.4. The van der Waals surface area contributed by atoms with E-state index in [9.17, 15) is 4.79 Å². The second-order valence-electron chi connectivity index (χ2n) is 7.55. The van der Waals surface area contributed by atoms with E-state index in [2.05, 4.69) is 50.6 Å². The second kappa shape index (κ2) is 9.57. The first-order valence-electron chi connectivity index (χ1n) is 10.4. The van der Waals surface area contributed by atoms with E-state index < -0.39 is 0 Å². The lowest BCUT2D eigenvalue weighted by Gasteiger charge is -2.26. The van der Waals surface area contributed by atoms with E-state index in [0.29, 0.717) is 31.3 Å². The maximum Gasteiger partial charge on any atom is 0.253 e. The molecule has 0 aliphatic carbocycles. The molecule has 0 radical (unpaired) electrons. The largest absolute Gasteiger partial charge is 0.380 e. The minimum absolute atomic E-state index is 0.128. The fourth-order valence-electron chi connectivity index (χ4n) is 3.62. The molecule has 1 aromatic heterocycles. The summed E-state index contributed by atoms with van der Waals surface area (Å²) in [4.78, 5) is 23.6. The van der Waals surface area contributed by atoms with Gasteiger partial charge >= 0.3 is 0 Å². The number of nitrogens with one attached hydrogen (secondary N) is 2. The predicted octanol–water partition coefficient (Wildman–Crippen LogP) is 3.26. The molecule has 2 N–H and O–H groups in total. The molecule has 1 fully saturated rings. The average molecular weight is 418 g/mol. The van der Waals surface area contributed by atoms with Crippen molar-refractivity contribution in [1.82, 2.24) is 15.3 Å². The quantitative estimate of drug-likeness (QED) is 0.641. The number of rotatable bonds is 6. The maximum atomic E-state index is 12.4. The first kappa shape index (κ1) is 20.8. The van der Waals surface area contributed by atoms with E-state index in [-0.39, 0.29) is 5.91 Å². The Hall–Kier alpha value is -3.45. The topological polar surface area (TPSA) is 79.4 Å². The molecule has 1 amide bonds. The van der Waals surface area contributed by atoms with Gasteiger partial charge in [0.05, 0.1) is 18.8 Å². The molecule has 4 rings (SSSR count). The number of morpholine rings is 1. The van der Waals surface area contributed by atoms with Gasteiger partial charge in [-0.25, -0.2) is 9.97 Å². The maximum absolute atomic E-state index is 12.4. The molecule has 2 aromatic carbocycles. The van der Waals surface area contributed by atoms with Gasteiger partial charge in [0, 0.05) is 50.3 Å². The summed E-state index contributed by atoms with van der Waals surface area (Å²) in [5.41, 5.74) is 5.59. The number of aryl methyl sites for hydroxylation is 1. The van der Waals surface area contributed by atoms with E-state index in [4.69, 9.17) is 4.74 Å². The van der Waals surface area contributed by atoms with Crippen LogP contribution >= 0.6 is 0 Å². The van der Waals surface area contributed by atoms with Crippen LogP contribution in [0.1, 0.15) is 21.5 Å². The standard InChI is InChI=1S/C24H27N5O2/c1-17-4-3-5-18(12-17)14-26-22-13-19(6-7-21(22)23(30)25-2)20-15-27-24(28-16-20)29-8-10-31-11-9-29/h3-7,12-13,15-16,26H,8-11,14H2,1-2H3,(H,25,30). The summed E-state index contributed by atoms with van der Waals surface area (Å²) in [6, 6.07) is 14.1. The van der Waals surface area contributed by atoms with Crippen LogP contribution in [0.2, 0.25) is 0 Å². The number of ether oxygens (including phenoxy) is 1. The van der Waals surface area contributed by atoms with Crippen LogP contribution in [0.4, 0.5) is 11.6 Å². The van der Waals surface area contributed by atoms with Crippen LogP contribution in [-0.2, 0) is 11.3 Å². The van der Waals surface area contributed by atoms with E-state index >= 15 is 0 Å². The summed E-state index contributed by atoms with van der Waals surface area (Å²) in [6.45, 7) is 5.69. The highest BCUT2D eigenvalue weighted by Crippen LogP contribution is 2.26. The smallest absolute Gasteiger partial charge is 0.253 e. The van der Waals surface area contributed by atoms with Gasteiger partial charge in [0.2, 0.25) is 5.95 Å². The van der Waals surface area contributed by atoms with Crippen LogP contribution < -0.4 is 15.5 Å². The van der Waals surface area contributed by atoms with Gasteiger partial charge in [-0.15, -0.1) is 0 Å². The summed E-state index contributed by atoms with van der Waals surface area (Å²) in [7, 11) is 1.64. The molecule has 0 saturated carbocycles. The molecule has 0 unspecified atom stereocenters. The number of nitrogens with zero attached hydrogens (tertiary/aromatic N) is 3. The zero-order valence-corrected chi connectivity index (χ0v) is 17.9. The Morgan fingerprint density at radius 2 is 1.84 bits per heavy atom. The highest BCUT2D eigenvalue weighted by molar-refractivity contribution is 6.00. The molecule has 3 aromatic rings. The Labute approximate surface area is 182 Å². The van der Waals surface area contributed by atoms with Crippen LogP contribution in [0.15, 0.2) is 54.9 Å². The van der Waals surface area contributed by atoms with Crippen LogP contribution in [-0.4, -0.2) is 49.2 Å². The fourth-order valence-corrected chi connectivity index (χ4v) is 3.62. The van der Waals surface area contributed by atoms with Crippen LogP contribution in [0.3, 0.4) is 0 Å². The van der Waals surface area contributed by atoms with Crippen molar-refractivity contribution in [2.75, 3.05) is 43.6 Å². The molecular weight excluding hydrogens is 390 g/mol. The lowest BCUT2D eigenvalue weighted by Crippen LogP contribution is -2.37. The molecule has 7 heteroatoms. The second-order valence-corrected chi connectivity index (χ2v) is 7.55. The lowest BCUT2D eigenvalue weighted by molar-refractivity contribution is 0.0964. The number of carbonyl (C=O) groups excluding carboxylic acids is 1. The number of carbonyl (C=O) groups is 1. The zero-order valence-electron chi connectivity index (χ0n) is 17.9. The van der Waals surface area contributed by atoms with E-state index in [1.807, 2.05) is 36.7 Å². The van der Waals surface area contributed by atoms with Gasteiger partial charge in [0.25, 0.3) is 5.91 Å². The number of hydrogen-bond donors (Lipinski definition) is 2. The molecule has 2 heterocycles. The number of benzene rings is 2. The molecule has 7 nitrogen and oxygen atoms in total. The monoisotopic (exact) mass is 417 g/mol. The van der Waals surface area contributed by atoms with E-state index in [0.717, 1.165) is 35.5 Å². The van der Waals surface area contributed by atoms with Gasteiger partial charge in [-0.05, 0) is 30.2 Å². The normalized spacial score (nSPS) is 13.7. The lowest BCUT2D eigenvalue weighted by atomic mass is 10.0. The summed E-state index contributed by atoms with van der Waals surface area (Å²) in [5.74, 6) is 0.587. The number of anilines is 2. The van der Waals surface area contributed by atoms with E-state index in [1.165, 1.54) is 5.56 Å². The van der Waals surface area contributed by atoms with Crippen LogP contribution in [0, 0.1) is 6.92 Å². The average Bonchev–Trinajstić information content (AvgIpc) is 2.83. The molecule has 0 spiro atoms. The van der Waals surface area contributed by atoms with Gasteiger partial charge < -0.3 is 20.3 Å². The van der Waals surface area contributed by atoms with Crippen LogP contribution in [0.5, 0.6) is 0 Å². The van der Waals surface area contributed by atoms with Crippen molar-refractivity contribution in [2.24, 2.45) is 0 Å². The Kier molecular flexibility index (Phi) is 6.43. The summed E-state index contributed by atoms with van der Waals surface area (Å²) in [5, 5.41) is 6.13. The van der Waals surface area contributed by atoms with Crippen molar-refractivity contribution >= 4 is 17.5 Å². The molecule has 160 valence electrons. The minimum atomic E-state index is -0.128. The van der Waals surface area contributed by atoms with Crippen molar-refractivity contribution in [3.8, 4) is 11.1 Å². The Morgan fingerprint density at radius 3 is 2.55 bits per heavy atom. The third-order valence-corrected chi connectivity index (χ3v) is 5.32. The van der Waals surface area contributed by atoms with Gasteiger partial charge in [0.1, 0.15) is 0 Å². The van der Waals surface area contributed by atoms with E-state index in [1.54, 1.807) is 7.05 Å².